The summed E-state index contributed by atoms with van der Waals surface area (Å²) in [6.45, 7) is 4.14. The predicted octanol–water partition coefficient (Wildman–Crippen LogP) is 4.53. The number of ether oxygens (including phenoxy) is 2. The zero-order valence-electron chi connectivity index (χ0n) is 17.4. The molecule has 1 aliphatic heterocycles. The number of amides is 2. The van der Waals surface area contributed by atoms with E-state index in [1.807, 2.05) is 24.3 Å². The lowest BCUT2D eigenvalue weighted by Crippen LogP contribution is -2.45. The van der Waals surface area contributed by atoms with Crippen molar-refractivity contribution >= 4 is 29.5 Å². The fourth-order valence-corrected chi connectivity index (χ4v) is 3.97. The Morgan fingerprint density at radius 3 is 2.37 bits per heavy atom. The van der Waals surface area contributed by atoms with Gasteiger partial charge >= 0.3 is 12.0 Å². The van der Waals surface area contributed by atoms with Crippen LogP contribution in [-0.4, -0.2) is 31.5 Å². The van der Waals surface area contributed by atoms with E-state index in [1.54, 1.807) is 50.1 Å². The molecule has 0 aliphatic carbocycles. The maximum absolute atomic E-state index is 12.9. The Hall–Kier alpha value is -2.93. The van der Waals surface area contributed by atoms with Crippen LogP contribution in [0.1, 0.15) is 37.4 Å². The number of nitrogens with one attached hydrogen (secondary N) is 2. The molecular weight excluding hydrogens is 400 g/mol. The second-order valence-electron chi connectivity index (χ2n) is 6.69. The van der Waals surface area contributed by atoms with Crippen molar-refractivity contribution in [2.75, 3.05) is 19.5 Å². The molecule has 7 heteroatoms. The highest BCUT2D eigenvalue weighted by Crippen LogP contribution is 2.33. The highest BCUT2D eigenvalue weighted by molar-refractivity contribution is 7.99. The van der Waals surface area contributed by atoms with Gasteiger partial charge in [0.05, 0.1) is 31.0 Å². The van der Waals surface area contributed by atoms with Gasteiger partial charge in [-0.15, -0.1) is 11.8 Å². The van der Waals surface area contributed by atoms with Crippen molar-refractivity contribution in [3.63, 3.8) is 0 Å². The van der Waals surface area contributed by atoms with Gasteiger partial charge in [0.1, 0.15) is 5.75 Å². The molecule has 158 valence electrons. The molecule has 0 aromatic heterocycles. The van der Waals surface area contributed by atoms with Gasteiger partial charge in [0.2, 0.25) is 0 Å². The smallest absolute Gasteiger partial charge is 0.338 e. The van der Waals surface area contributed by atoms with E-state index in [9.17, 15) is 9.59 Å². The van der Waals surface area contributed by atoms with Crippen LogP contribution in [0.25, 0.3) is 5.70 Å². The van der Waals surface area contributed by atoms with Gasteiger partial charge in [0.25, 0.3) is 0 Å². The lowest BCUT2D eigenvalue weighted by atomic mass is 9.92. The molecule has 3 rings (SSSR count). The number of rotatable bonds is 8. The van der Waals surface area contributed by atoms with Gasteiger partial charge in [0.15, 0.2) is 0 Å². The van der Waals surface area contributed by atoms with E-state index in [2.05, 4.69) is 17.6 Å². The molecule has 1 unspecified atom stereocenters. The number of urea groups is 1. The summed E-state index contributed by atoms with van der Waals surface area (Å²) in [5.74, 6) is 1.26. The molecule has 2 aromatic rings. The summed E-state index contributed by atoms with van der Waals surface area (Å²) < 4.78 is 10.5. The molecule has 0 spiro atoms. The summed E-state index contributed by atoms with van der Waals surface area (Å²) in [6, 6.07) is 14.1. The van der Waals surface area contributed by atoms with E-state index in [0.29, 0.717) is 22.6 Å². The number of benzene rings is 2. The zero-order valence-corrected chi connectivity index (χ0v) is 18.2. The highest BCUT2D eigenvalue weighted by Gasteiger charge is 2.34. The van der Waals surface area contributed by atoms with E-state index >= 15 is 0 Å². The summed E-state index contributed by atoms with van der Waals surface area (Å²) in [4.78, 5) is 26.5. The maximum atomic E-state index is 12.9. The van der Waals surface area contributed by atoms with Crippen molar-refractivity contribution < 1.29 is 19.1 Å². The fourth-order valence-electron chi connectivity index (χ4n) is 3.21. The summed E-state index contributed by atoms with van der Waals surface area (Å²) in [5.41, 5.74) is 2.33. The molecule has 0 bridgehead atoms. The van der Waals surface area contributed by atoms with Gasteiger partial charge in [-0.25, -0.2) is 9.59 Å². The largest absolute Gasteiger partial charge is 0.497 e. The number of carbonyl (C=O) groups is 2. The first kappa shape index (κ1) is 21.8. The molecule has 6 nitrogen and oxygen atoms in total. The first-order valence-electron chi connectivity index (χ1n) is 9.93. The molecule has 0 radical (unpaired) electrons. The van der Waals surface area contributed by atoms with E-state index in [0.717, 1.165) is 22.6 Å². The monoisotopic (exact) mass is 426 g/mol. The Bertz CT molecular complexity index is 923. The standard InChI is InChI=1S/C23H26N2O4S/c1-4-14-30-18-12-8-16(9-13-18)21-19(22(26)29-5-2)20(24-23(27)25-21)15-6-10-17(28-3)11-7-15/h6-13,21H,4-5,14H2,1-3H3,(H2,24,25,27). The Kier molecular flexibility index (Phi) is 7.41. The van der Waals surface area contributed by atoms with Crippen LogP contribution in [0.2, 0.25) is 0 Å². The van der Waals surface area contributed by atoms with E-state index < -0.39 is 12.0 Å². The van der Waals surface area contributed by atoms with E-state index in [-0.39, 0.29) is 12.6 Å². The van der Waals surface area contributed by atoms with Crippen molar-refractivity contribution in [2.24, 2.45) is 0 Å². The lowest BCUT2D eigenvalue weighted by Gasteiger charge is -2.29. The second kappa shape index (κ2) is 10.2. The van der Waals surface area contributed by atoms with Crippen molar-refractivity contribution in [2.45, 2.75) is 31.2 Å². The van der Waals surface area contributed by atoms with Gasteiger partial charge < -0.3 is 20.1 Å². The average molecular weight is 427 g/mol. The summed E-state index contributed by atoms with van der Waals surface area (Å²) in [7, 11) is 1.59. The average Bonchev–Trinajstić information content (AvgIpc) is 2.77. The van der Waals surface area contributed by atoms with Crippen molar-refractivity contribution in [3.05, 3.63) is 65.2 Å². The van der Waals surface area contributed by atoms with Gasteiger partial charge in [-0.3, -0.25) is 0 Å². The van der Waals surface area contributed by atoms with Gasteiger partial charge in [-0.05, 0) is 66.6 Å². The SMILES string of the molecule is CCCSc1ccc(C2NC(=O)NC(c3ccc(OC)cc3)=C2C(=O)OCC)cc1. The zero-order chi connectivity index (χ0) is 21.5. The third-order valence-corrected chi connectivity index (χ3v) is 5.85. The first-order valence-corrected chi connectivity index (χ1v) is 10.9. The highest BCUT2D eigenvalue weighted by atomic mass is 32.2. The third-order valence-electron chi connectivity index (χ3n) is 4.63. The van der Waals surface area contributed by atoms with Crippen LogP contribution in [-0.2, 0) is 9.53 Å². The molecule has 1 aliphatic rings. The van der Waals surface area contributed by atoms with Crippen LogP contribution in [0.15, 0.2) is 59.0 Å². The van der Waals surface area contributed by atoms with Crippen LogP contribution in [0, 0.1) is 0 Å². The van der Waals surface area contributed by atoms with Gasteiger partial charge in [-0.1, -0.05) is 19.1 Å². The van der Waals surface area contributed by atoms with Crippen LogP contribution >= 0.6 is 11.8 Å². The molecule has 0 saturated heterocycles. The molecule has 0 fully saturated rings. The van der Waals surface area contributed by atoms with Gasteiger partial charge in [0, 0.05) is 4.90 Å². The fraction of sp³-hybridized carbons (Fsp3) is 0.304. The number of hydrogen-bond donors (Lipinski definition) is 2. The molecule has 0 saturated carbocycles. The van der Waals surface area contributed by atoms with Crippen LogP contribution in [0.5, 0.6) is 5.75 Å². The number of methoxy groups -OCH3 is 1. The minimum atomic E-state index is -0.611. The molecule has 2 amide bonds. The molecule has 1 atom stereocenters. The Balaban J connectivity index is 2.05. The Morgan fingerprint density at radius 1 is 1.07 bits per heavy atom. The molecule has 30 heavy (non-hydrogen) atoms. The quantitative estimate of drug-likeness (QED) is 0.479. The normalized spacial score (nSPS) is 16.0. The Morgan fingerprint density at radius 2 is 1.77 bits per heavy atom. The summed E-state index contributed by atoms with van der Waals surface area (Å²) in [5, 5.41) is 5.65. The first-order chi connectivity index (χ1) is 14.6. The van der Waals surface area contributed by atoms with E-state index in [1.165, 1.54) is 0 Å². The van der Waals surface area contributed by atoms with E-state index in [4.69, 9.17) is 9.47 Å². The minimum Gasteiger partial charge on any atom is -0.497 e. The summed E-state index contributed by atoms with van der Waals surface area (Å²) >= 11 is 1.78. The van der Waals surface area contributed by atoms with Crippen molar-refractivity contribution in [1.29, 1.82) is 0 Å². The number of hydrogen-bond acceptors (Lipinski definition) is 5. The van der Waals surface area contributed by atoms with Crippen LogP contribution in [0.3, 0.4) is 0 Å². The molecule has 2 N–H and O–H groups in total. The third kappa shape index (κ3) is 4.97. The maximum Gasteiger partial charge on any atom is 0.338 e. The van der Waals surface area contributed by atoms with Gasteiger partial charge in [-0.2, -0.15) is 0 Å². The van der Waals surface area contributed by atoms with Crippen molar-refractivity contribution in [1.82, 2.24) is 10.6 Å². The van der Waals surface area contributed by atoms with Crippen LogP contribution < -0.4 is 15.4 Å². The topological polar surface area (TPSA) is 76.7 Å². The number of carbonyl (C=O) groups excluding carboxylic acids is 2. The predicted molar refractivity (Wildman–Crippen MR) is 118 cm³/mol. The molecule has 1 heterocycles. The Labute approximate surface area is 181 Å². The minimum absolute atomic E-state index is 0.242. The lowest BCUT2D eigenvalue weighted by molar-refractivity contribution is -0.138. The second-order valence-corrected chi connectivity index (χ2v) is 7.85. The molecule has 2 aromatic carbocycles. The summed E-state index contributed by atoms with van der Waals surface area (Å²) in [6.07, 6.45) is 1.09. The number of esters is 1. The number of thioether (sulfide) groups is 1. The van der Waals surface area contributed by atoms with Crippen molar-refractivity contribution in [3.8, 4) is 5.75 Å². The van der Waals surface area contributed by atoms with Crippen LogP contribution in [0.4, 0.5) is 4.79 Å². The molecular formula is C23H26N2O4S.